The van der Waals surface area contributed by atoms with Crippen LogP contribution < -0.4 is 10.1 Å². The summed E-state index contributed by atoms with van der Waals surface area (Å²) in [4.78, 5) is 19.7. The predicted octanol–water partition coefficient (Wildman–Crippen LogP) is 4.40. The highest BCUT2D eigenvalue weighted by Crippen LogP contribution is 2.32. The minimum Gasteiger partial charge on any atom is -0.497 e. The van der Waals surface area contributed by atoms with Gasteiger partial charge in [-0.1, -0.05) is 24.3 Å². The molecular formula is C23H22N6O3. The van der Waals surface area contributed by atoms with Crippen LogP contribution in [0.2, 0.25) is 0 Å². The van der Waals surface area contributed by atoms with Crippen molar-refractivity contribution in [2.24, 2.45) is 0 Å². The number of nitrogens with zero attached hydrogens (tertiary/aromatic N) is 5. The van der Waals surface area contributed by atoms with E-state index in [0.717, 1.165) is 16.9 Å². The molecule has 2 aromatic carbocycles. The van der Waals surface area contributed by atoms with E-state index in [1.807, 2.05) is 43.5 Å². The molecule has 0 saturated heterocycles. The lowest BCUT2D eigenvalue weighted by atomic mass is 10.1. The molecule has 0 atom stereocenters. The predicted molar refractivity (Wildman–Crippen MR) is 122 cm³/mol. The number of hydrogen-bond acceptors (Lipinski definition) is 7. The van der Waals surface area contributed by atoms with Crippen LogP contribution in [0.3, 0.4) is 0 Å². The van der Waals surface area contributed by atoms with Gasteiger partial charge in [-0.3, -0.25) is 14.8 Å². The molecule has 0 radical (unpaired) electrons. The molecule has 0 aliphatic rings. The largest absolute Gasteiger partial charge is 0.497 e. The van der Waals surface area contributed by atoms with E-state index in [-0.39, 0.29) is 5.69 Å². The number of nitro groups is 1. The Morgan fingerprint density at radius 1 is 1.16 bits per heavy atom. The minimum atomic E-state index is -0.411. The Morgan fingerprint density at radius 3 is 2.69 bits per heavy atom. The van der Waals surface area contributed by atoms with Crippen LogP contribution in [0.4, 0.5) is 11.6 Å². The van der Waals surface area contributed by atoms with Gasteiger partial charge in [-0.25, -0.2) is 9.97 Å². The van der Waals surface area contributed by atoms with Crippen molar-refractivity contribution in [3.63, 3.8) is 0 Å². The lowest BCUT2D eigenvalue weighted by Crippen LogP contribution is -2.02. The molecule has 0 aliphatic heterocycles. The first kappa shape index (κ1) is 21.0. The van der Waals surface area contributed by atoms with Gasteiger partial charge in [-0.2, -0.15) is 5.10 Å². The van der Waals surface area contributed by atoms with E-state index in [0.29, 0.717) is 36.0 Å². The number of aromatic nitrogens is 4. The van der Waals surface area contributed by atoms with Crippen LogP contribution in [0, 0.1) is 10.1 Å². The first-order valence-corrected chi connectivity index (χ1v) is 10.1. The molecule has 4 aromatic rings. The van der Waals surface area contributed by atoms with E-state index in [1.165, 1.54) is 12.1 Å². The standard InChI is InChI=1S/C23H22N6O3/c1-3-24-23-25-12-11-21(26-23)20-15-28(14-16-7-9-19(32-2)10-8-16)27-22(20)17-5-4-6-18(13-17)29(30)31/h4-13,15H,3,14H2,1-2H3,(H,24,25,26). The van der Waals surface area contributed by atoms with Crippen molar-refractivity contribution in [2.45, 2.75) is 13.5 Å². The minimum absolute atomic E-state index is 0.00850. The van der Waals surface area contributed by atoms with Crippen molar-refractivity contribution >= 4 is 11.6 Å². The van der Waals surface area contributed by atoms with Gasteiger partial charge in [-0.15, -0.1) is 0 Å². The van der Waals surface area contributed by atoms with Gasteiger partial charge >= 0.3 is 0 Å². The second-order valence-electron chi connectivity index (χ2n) is 7.04. The summed E-state index contributed by atoms with van der Waals surface area (Å²) in [6, 6.07) is 16.0. The molecule has 9 heteroatoms. The topological polar surface area (TPSA) is 108 Å². The maximum Gasteiger partial charge on any atom is 0.270 e. The number of nitro benzene ring substituents is 1. The van der Waals surface area contributed by atoms with E-state index in [2.05, 4.69) is 15.3 Å². The van der Waals surface area contributed by atoms with Crippen molar-refractivity contribution in [2.75, 3.05) is 19.0 Å². The normalized spacial score (nSPS) is 10.7. The van der Waals surface area contributed by atoms with Crippen LogP contribution in [0.15, 0.2) is 67.0 Å². The Kier molecular flexibility index (Phi) is 6.07. The molecule has 0 bridgehead atoms. The number of benzene rings is 2. The highest BCUT2D eigenvalue weighted by atomic mass is 16.6. The Morgan fingerprint density at radius 2 is 1.97 bits per heavy atom. The van der Waals surface area contributed by atoms with Gasteiger partial charge in [0.05, 0.1) is 24.3 Å². The zero-order valence-electron chi connectivity index (χ0n) is 17.7. The van der Waals surface area contributed by atoms with Gasteiger partial charge in [0.1, 0.15) is 11.4 Å². The SMILES string of the molecule is CCNc1nccc(-c2cn(Cc3ccc(OC)cc3)nc2-c2cccc([N+](=O)[O-])c2)n1. The Bertz CT molecular complexity index is 1240. The first-order valence-electron chi connectivity index (χ1n) is 10.1. The lowest BCUT2D eigenvalue weighted by Gasteiger charge is -2.05. The summed E-state index contributed by atoms with van der Waals surface area (Å²) in [6.45, 7) is 3.19. The van der Waals surface area contributed by atoms with E-state index < -0.39 is 4.92 Å². The first-order chi connectivity index (χ1) is 15.6. The molecule has 0 spiro atoms. The van der Waals surface area contributed by atoms with Gasteiger partial charge in [0.15, 0.2) is 0 Å². The van der Waals surface area contributed by atoms with Crippen LogP contribution in [0.25, 0.3) is 22.5 Å². The number of anilines is 1. The summed E-state index contributed by atoms with van der Waals surface area (Å²) in [5, 5.41) is 19.2. The zero-order chi connectivity index (χ0) is 22.5. The maximum atomic E-state index is 11.3. The average molecular weight is 430 g/mol. The third-order valence-corrected chi connectivity index (χ3v) is 4.86. The molecule has 2 heterocycles. The Labute approximate surface area is 184 Å². The molecule has 9 nitrogen and oxygen atoms in total. The van der Waals surface area contributed by atoms with Gasteiger partial charge in [0, 0.05) is 42.2 Å². The summed E-state index contributed by atoms with van der Waals surface area (Å²) in [5.74, 6) is 1.29. The molecule has 0 unspecified atom stereocenters. The van der Waals surface area contributed by atoms with Crippen LogP contribution in [0.1, 0.15) is 12.5 Å². The summed E-state index contributed by atoms with van der Waals surface area (Å²) < 4.78 is 7.03. The fraction of sp³-hybridized carbons (Fsp3) is 0.174. The molecule has 0 aliphatic carbocycles. The van der Waals surface area contributed by atoms with Crippen molar-refractivity contribution in [1.82, 2.24) is 19.7 Å². The number of rotatable bonds is 8. The highest BCUT2D eigenvalue weighted by Gasteiger charge is 2.17. The maximum absolute atomic E-state index is 11.3. The number of non-ortho nitro benzene ring substituents is 1. The number of nitrogens with one attached hydrogen (secondary N) is 1. The second kappa shape index (κ2) is 9.25. The fourth-order valence-corrected chi connectivity index (χ4v) is 3.34. The average Bonchev–Trinajstić information content (AvgIpc) is 3.24. The smallest absolute Gasteiger partial charge is 0.270 e. The Hall–Kier alpha value is -4.27. The molecule has 0 fully saturated rings. The highest BCUT2D eigenvalue weighted by molar-refractivity contribution is 5.79. The van der Waals surface area contributed by atoms with E-state index in [4.69, 9.17) is 9.84 Å². The monoisotopic (exact) mass is 430 g/mol. The zero-order valence-corrected chi connectivity index (χ0v) is 17.7. The van der Waals surface area contributed by atoms with Crippen LogP contribution in [0.5, 0.6) is 5.75 Å². The fourth-order valence-electron chi connectivity index (χ4n) is 3.34. The van der Waals surface area contributed by atoms with Crippen LogP contribution >= 0.6 is 0 Å². The third-order valence-electron chi connectivity index (χ3n) is 4.86. The summed E-state index contributed by atoms with van der Waals surface area (Å²) in [5.41, 5.74) is 3.75. The summed E-state index contributed by atoms with van der Waals surface area (Å²) in [6.07, 6.45) is 3.58. The molecule has 4 rings (SSSR count). The van der Waals surface area contributed by atoms with Crippen molar-refractivity contribution in [1.29, 1.82) is 0 Å². The van der Waals surface area contributed by atoms with Crippen molar-refractivity contribution in [3.8, 4) is 28.3 Å². The van der Waals surface area contributed by atoms with E-state index in [1.54, 1.807) is 30.1 Å². The molecule has 2 aromatic heterocycles. The lowest BCUT2D eigenvalue weighted by molar-refractivity contribution is -0.384. The van der Waals surface area contributed by atoms with Crippen LogP contribution in [-0.2, 0) is 6.54 Å². The van der Waals surface area contributed by atoms with Crippen LogP contribution in [-0.4, -0.2) is 38.3 Å². The number of ether oxygens (including phenoxy) is 1. The summed E-state index contributed by atoms with van der Waals surface area (Å²) in [7, 11) is 1.63. The van der Waals surface area contributed by atoms with Crippen molar-refractivity contribution < 1.29 is 9.66 Å². The summed E-state index contributed by atoms with van der Waals surface area (Å²) >= 11 is 0. The number of hydrogen-bond donors (Lipinski definition) is 1. The molecule has 32 heavy (non-hydrogen) atoms. The molecular weight excluding hydrogens is 408 g/mol. The Balaban J connectivity index is 1.78. The molecule has 0 amide bonds. The van der Waals surface area contributed by atoms with Crippen molar-refractivity contribution in [3.05, 3.63) is 82.7 Å². The number of methoxy groups -OCH3 is 1. The van der Waals surface area contributed by atoms with E-state index in [9.17, 15) is 10.1 Å². The van der Waals surface area contributed by atoms with Gasteiger partial charge in [0.2, 0.25) is 5.95 Å². The van der Waals surface area contributed by atoms with Gasteiger partial charge in [-0.05, 0) is 30.7 Å². The molecule has 162 valence electrons. The third kappa shape index (κ3) is 4.56. The molecule has 0 saturated carbocycles. The van der Waals surface area contributed by atoms with Gasteiger partial charge < -0.3 is 10.1 Å². The van der Waals surface area contributed by atoms with E-state index >= 15 is 0 Å². The van der Waals surface area contributed by atoms with Gasteiger partial charge in [0.25, 0.3) is 5.69 Å². The molecule has 1 N–H and O–H groups in total. The second-order valence-corrected chi connectivity index (χ2v) is 7.04. The quantitative estimate of drug-likeness (QED) is 0.326.